The van der Waals surface area contributed by atoms with Crippen molar-refractivity contribution in [3.8, 4) is 55.6 Å². The van der Waals surface area contributed by atoms with Gasteiger partial charge in [0.05, 0.1) is 0 Å². The summed E-state index contributed by atoms with van der Waals surface area (Å²) in [6.45, 7) is -0.0574. The topological polar surface area (TPSA) is 6.48 Å². The molecule has 0 radical (unpaired) electrons. The van der Waals surface area contributed by atoms with Gasteiger partial charge < -0.3 is 9.62 Å². The van der Waals surface area contributed by atoms with Crippen molar-refractivity contribution in [2.75, 3.05) is 9.62 Å². The van der Waals surface area contributed by atoms with Crippen LogP contribution in [-0.4, -0.2) is 6.98 Å². The minimum atomic E-state index is -0.0574. The van der Waals surface area contributed by atoms with E-state index in [1.165, 1.54) is 83.8 Å². The summed E-state index contributed by atoms with van der Waals surface area (Å²) < 4.78 is 0. The zero-order chi connectivity index (χ0) is 29.5. The molecule has 45 heavy (non-hydrogen) atoms. The van der Waals surface area contributed by atoms with E-state index in [4.69, 9.17) is 0 Å². The van der Waals surface area contributed by atoms with E-state index in [2.05, 4.69) is 173 Å². The number of fused-ring (bicyclic) bond motifs is 11. The molecule has 0 atom stereocenters. The Morgan fingerprint density at radius 1 is 0.289 bits per heavy atom. The standard InChI is InChI=1S/C42H27BN2/c1-3-12-28(13-4-1)30-22-24-34-35-25-23-31(29-14-5-2-6-15-29)27-41(35)45-39-21-10-8-17-33(39)37-19-11-18-36-32-16-7-9-20-38(32)44(40(34)26-30)43(45)42(36)37/h1-27H. The molecule has 0 aromatic heterocycles. The van der Waals surface area contributed by atoms with Crippen LogP contribution in [0.3, 0.4) is 0 Å². The SMILES string of the molecule is c1ccc(-c2ccc3c(c2)N2B4c5c(cccc5-c5ccccc5N4c4cc(-c5ccccc5)ccc4-3)-c3ccccc32)cc1. The highest BCUT2D eigenvalue weighted by atomic mass is 15.3. The number of nitrogens with zero attached hydrogens (tertiary/aromatic N) is 2. The molecule has 7 aromatic rings. The van der Waals surface area contributed by atoms with Crippen LogP contribution in [0.1, 0.15) is 0 Å². The van der Waals surface area contributed by atoms with Crippen molar-refractivity contribution in [3.05, 3.63) is 164 Å². The van der Waals surface area contributed by atoms with Gasteiger partial charge in [-0.25, -0.2) is 0 Å². The average molecular weight is 571 g/mol. The van der Waals surface area contributed by atoms with Gasteiger partial charge in [-0.2, -0.15) is 0 Å². The molecule has 0 aliphatic carbocycles. The summed E-state index contributed by atoms with van der Waals surface area (Å²) in [5.41, 5.74) is 18.8. The van der Waals surface area contributed by atoms with Crippen LogP contribution in [-0.2, 0) is 0 Å². The fourth-order valence-corrected chi connectivity index (χ4v) is 7.83. The highest BCUT2D eigenvalue weighted by Crippen LogP contribution is 2.55. The minimum Gasteiger partial charge on any atom is -0.361 e. The van der Waals surface area contributed by atoms with Crippen LogP contribution in [0, 0.1) is 0 Å². The van der Waals surface area contributed by atoms with Crippen LogP contribution >= 0.6 is 0 Å². The van der Waals surface area contributed by atoms with Gasteiger partial charge in [-0.15, -0.1) is 0 Å². The summed E-state index contributed by atoms with van der Waals surface area (Å²) in [7, 11) is 0. The highest BCUT2D eigenvalue weighted by Gasteiger charge is 2.49. The lowest BCUT2D eigenvalue weighted by Gasteiger charge is -2.46. The Kier molecular flexibility index (Phi) is 5.12. The predicted octanol–water partition coefficient (Wildman–Crippen LogP) is 10.3. The molecule has 3 aliphatic heterocycles. The van der Waals surface area contributed by atoms with Gasteiger partial charge in [0.25, 0.3) is 0 Å². The van der Waals surface area contributed by atoms with Gasteiger partial charge in [-0.1, -0.05) is 140 Å². The zero-order valence-corrected chi connectivity index (χ0v) is 24.6. The molecule has 7 aromatic carbocycles. The Balaban J connectivity index is 1.35. The molecule has 0 bridgehead atoms. The van der Waals surface area contributed by atoms with E-state index in [9.17, 15) is 0 Å². The number of anilines is 4. The van der Waals surface area contributed by atoms with Crippen molar-refractivity contribution in [1.82, 2.24) is 0 Å². The summed E-state index contributed by atoms with van der Waals surface area (Å²) in [4.78, 5) is 5.22. The van der Waals surface area contributed by atoms with Crippen LogP contribution in [0.15, 0.2) is 164 Å². The molecule has 208 valence electrons. The van der Waals surface area contributed by atoms with Gasteiger partial charge in [-0.3, -0.25) is 0 Å². The lowest BCUT2D eigenvalue weighted by molar-refractivity contribution is 1.29. The summed E-state index contributed by atoms with van der Waals surface area (Å²) in [5, 5.41) is 0. The summed E-state index contributed by atoms with van der Waals surface area (Å²) in [6.07, 6.45) is 0. The Bertz CT molecular complexity index is 2130. The summed E-state index contributed by atoms with van der Waals surface area (Å²) in [6, 6.07) is 60.3. The minimum absolute atomic E-state index is 0.0574. The maximum atomic E-state index is 2.61. The van der Waals surface area contributed by atoms with E-state index in [-0.39, 0.29) is 6.98 Å². The van der Waals surface area contributed by atoms with E-state index >= 15 is 0 Å². The van der Waals surface area contributed by atoms with Gasteiger partial charge in [0.2, 0.25) is 0 Å². The van der Waals surface area contributed by atoms with Crippen LogP contribution in [0.25, 0.3) is 55.6 Å². The number of para-hydroxylation sites is 2. The van der Waals surface area contributed by atoms with Crippen LogP contribution < -0.4 is 15.1 Å². The molecule has 3 heterocycles. The normalized spacial score (nSPS) is 13.2. The van der Waals surface area contributed by atoms with Gasteiger partial charge in [0.1, 0.15) is 0 Å². The Hall–Kier alpha value is -5.80. The van der Waals surface area contributed by atoms with Crippen LogP contribution in [0.5, 0.6) is 0 Å². The predicted molar refractivity (Wildman–Crippen MR) is 190 cm³/mol. The second-order valence-electron chi connectivity index (χ2n) is 12.1. The monoisotopic (exact) mass is 570 g/mol. The molecule has 3 heteroatoms. The van der Waals surface area contributed by atoms with Crippen molar-refractivity contribution in [1.29, 1.82) is 0 Å². The van der Waals surface area contributed by atoms with Crippen LogP contribution in [0.2, 0.25) is 0 Å². The smallest absolute Gasteiger partial charge is 0.361 e. The zero-order valence-electron chi connectivity index (χ0n) is 24.6. The van der Waals surface area contributed by atoms with Crippen molar-refractivity contribution in [2.24, 2.45) is 0 Å². The van der Waals surface area contributed by atoms with E-state index in [0.29, 0.717) is 0 Å². The second-order valence-corrected chi connectivity index (χ2v) is 12.1. The van der Waals surface area contributed by atoms with Crippen molar-refractivity contribution < 1.29 is 0 Å². The Morgan fingerprint density at radius 2 is 0.689 bits per heavy atom. The molecule has 10 rings (SSSR count). The molecule has 0 saturated heterocycles. The molecule has 0 spiro atoms. The van der Waals surface area contributed by atoms with Gasteiger partial charge in [0, 0.05) is 45.0 Å². The Labute approximate surface area is 263 Å². The molecule has 0 saturated carbocycles. The molecule has 0 unspecified atom stereocenters. The molecule has 0 N–H and O–H groups in total. The maximum absolute atomic E-state index is 2.61. The van der Waals surface area contributed by atoms with Crippen molar-refractivity contribution in [2.45, 2.75) is 0 Å². The van der Waals surface area contributed by atoms with Crippen LogP contribution in [0.4, 0.5) is 22.7 Å². The van der Waals surface area contributed by atoms with Gasteiger partial charge in [0.15, 0.2) is 0 Å². The summed E-state index contributed by atoms with van der Waals surface area (Å²) in [5.74, 6) is 0. The quantitative estimate of drug-likeness (QED) is 0.191. The third-order valence-electron chi connectivity index (χ3n) is 9.78. The molecule has 3 aliphatic rings. The lowest BCUT2D eigenvalue weighted by Crippen LogP contribution is -2.61. The lowest BCUT2D eigenvalue weighted by atomic mass is 9.53. The fourth-order valence-electron chi connectivity index (χ4n) is 7.83. The second kappa shape index (κ2) is 9.35. The van der Waals surface area contributed by atoms with Crippen molar-refractivity contribution in [3.63, 3.8) is 0 Å². The number of benzene rings is 7. The average Bonchev–Trinajstić information content (AvgIpc) is 3.25. The first-order valence-corrected chi connectivity index (χ1v) is 15.6. The highest BCUT2D eigenvalue weighted by molar-refractivity contribution is 6.87. The van der Waals surface area contributed by atoms with Gasteiger partial charge in [-0.05, 0) is 63.1 Å². The third kappa shape index (κ3) is 3.47. The maximum Gasteiger partial charge on any atom is 0.421 e. The van der Waals surface area contributed by atoms with E-state index in [1.54, 1.807) is 0 Å². The first-order chi connectivity index (χ1) is 22.3. The van der Waals surface area contributed by atoms with E-state index < -0.39 is 0 Å². The van der Waals surface area contributed by atoms with Crippen molar-refractivity contribution >= 4 is 35.2 Å². The Morgan fingerprint density at radius 3 is 1.18 bits per heavy atom. The molecule has 0 amide bonds. The number of rotatable bonds is 2. The first kappa shape index (κ1) is 24.6. The number of hydrogen-bond donors (Lipinski definition) is 0. The summed E-state index contributed by atoms with van der Waals surface area (Å²) >= 11 is 0. The third-order valence-corrected chi connectivity index (χ3v) is 9.78. The molecular formula is C42H27BN2. The number of hydrogen-bond acceptors (Lipinski definition) is 2. The molecule has 2 nitrogen and oxygen atoms in total. The fraction of sp³-hybridized carbons (Fsp3) is 0. The first-order valence-electron chi connectivity index (χ1n) is 15.6. The molecule has 0 fully saturated rings. The largest absolute Gasteiger partial charge is 0.421 e. The van der Waals surface area contributed by atoms with Gasteiger partial charge >= 0.3 is 6.98 Å². The van der Waals surface area contributed by atoms with E-state index in [0.717, 1.165) is 0 Å². The van der Waals surface area contributed by atoms with E-state index in [1.807, 2.05) is 0 Å². The molecular weight excluding hydrogens is 543 g/mol.